The Bertz CT molecular complexity index is 902. The van der Waals surface area contributed by atoms with Crippen molar-refractivity contribution in [2.75, 3.05) is 11.0 Å². The van der Waals surface area contributed by atoms with E-state index < -0.39 is 10.0 Å². The van der Waals surface area contributed by atoms with Crippen molar-refractivity contribution >= 4 is 21.4 Å². The Kier molecular flexibility index (Phi) is 4.76. The van der Waals surface area contributed by atoms with Crippen LogP contribution in [0, 0.1) is 0 Å². The average Bonchev–Trinajstić information content (AvgIpc) is 2.76. The first-order valence-electron chi connectivity index (χ1n) is 6.48. The van der Waals surface area contributed by atoms with Crippen LogP contribution in [-0.2, 0) is 17.1 Å². The molecule has 0 aliphatic carbocycles. The molecule has 0 radical (unpaired) electrons. The van der Waals surface area contributed by atoms with Crippen molar-refractivity contribution in [3.63, 3.8) is 0 Å². The zero-order valence-electron chi connectivity index (χ0n) is 12.2. The summed E-state index contributed by atoms with van der Waals surface area (Å²) in [4.78, 5) is 0. The monoisotopic (exact) mass is 429 g/mol. The van der Waals surface area contributed by atoms with Crippen LogP contribution < -0.4 is 33.1 Å². The van der Waals surface area contributed by atoms with Gasteiger partial charge in [-0.15, -0.1) is 0 Å². The van der Waals surface area contributed by atoms with Gasteiger partial charge in [0.25, 0.3) is 5.65 Å². The molecule has 1 N–H and O–H groups in total. The lowest BCUT2D eigenvalue weighted by Gasteiger charge is -2.04. The summed E-state index contributed by atoms with van der Waals surface area (Å²) in [6.07, 6.45) is 5.19. The van der Waals surface area contributed by atoms with Crippen LogP contribution in [0.5, 0.6) is 0 Å². The summed E-state index contributed by atoms with van der Waals surface area (Å²) in [5, 5.41) is 0. The highest BCUT2D eigenvalue weighted by Gasteiger charge is 2.15. The molecule has 3 aromatic rings. The molecule has 0 unspecified atom stereocenters. The molecule has 7 heteroatoms. The lowest BCUT2D eigenvalue weighted by atomic mass is 10.1. The van der Waals surface area contributed by atoms with Crippen molar-refractivity contribution in [2.45, 2.75) is 0 Å². The fourth-order valence-corrected chi connectivity index (χ4v) is 2.94. The predicted octanol–water partition coefficient (Wildman–Crippen LogP) is -1.19. The van der Waals surface area contributed by atoms with E-state index in [1.165, 1.54) is 0 Å². The number of nitrogens with one attached hydrogen (secondary N) is 1. The van der Waals surface area contributed by atoms with Crippen LogP contribution in [0.25, 0.3) is 16.9 Å². The SMILES string of the molecule is Cn1c(-c2ccc(NS(C)(=O)=O)cc2)c[n+]2ccccc12.[I-]. The third-order valence-corrected chi connectivity index (χ3v) is 3.92. The molecule has 0 fully saturated rings. The van der Waals surface area contributed by atoms with Gasteiger partial charge >= 0.3 is 0 Å². The minimum Gasteiger partial charge on any atom is -1.00 e. The van der Waals surface area contributed by atoms with Crippen LogP contribution in [0.2, 0.25) is 0 Å². The van der Waals surface area contributed by atoms with E-state index >= 15 is 0 Å². The van der Waals surface area contributed by atoms with Crippen LogP contribution in [0.4, 0.5) is 5.69 Å². The van der Waals surface area contributed by atoms with Gasteiger partial charge in [-0.2, -0.15) is 0 Å². The van der Waals surface area contributed by atoms with Crippen LogP contribution >= 0.6 is 0 Å². The summed E-state index contributed by atoms with van der Waals surface area (Å²) in [5.41, 5.74) is 3.74. The summed E-state index contributed by atoms with van der Waals surface area (Å²) >= 11 is 0. The Hall–Kier alpha value is -1.61. The average molecular weight is 429 g/mol. The van der Waals surface area contributed by atoms with E-state index in [1.807, 2.05) is 49.8 Å². The minimum atomic E-state index is -3.24. The van der Waals surface area contributed by atoms with E-state index in [1.54, 1.807) is 12.1 Å². The summed E-state index contributed by atoms with van der Waals surface area (Å²) in [6, 6.07) is 13.4. The lowest BCUT2D eigenvalue weighted by Crippen LogP contribution is -3.00. The van der Waals surface area contributed by atoms with E-state index in [0.29, 0.717) is 5.69 Å². The van der Waals surface area contributed by atoms with E-state index in [2.05, 4.69) is 13.7 Å². The maximum absolute atomic E-state index is 11.2. The summed E-state index contributed by atoms with van der Waals surface area (Å²) in [6.45, 7) is 0. The summed E-state index contributed by atoms with van der Waals surface area (Å²) in [7, 11) is -1.24. The Morgan fingerprint density at radius 1 is 1.09 bits per heavy atom. The van der Waals surface area contributed by atoms with Gasteiger partial charge in [-0.1, -0.05) is 6.07 Å². The van der Waals surface area contributed by atoms with Crippen LogP contribution in [0.15, 0.2) is 54.9 Å². The maximum atomic E-state index is 11.2. The van der Waals surface area contributed by atoms with Crippen LogP contribution in [-0.4, -0.2) is 19.2 Å². The van der Waals surface area contributed by atoms with Crippen molar-refractivity contribution in [3.8, 4) is 11.3 Å². The number of fused-ring (bicyclic) bond motifs is 1. The smallest absolute Gasteiger partial charge is 0.286 e. The zero-order valence-corrected chi connectivity index (χ0v) is 15.2. The second kappa shape index (κ2) is 6.25. The zero-order chi connectivity index (χ0) is 15.0. The molecule has 0 saturated heterocycles. The number of imidazole rings is 1. The third kappa shape index (κ3) is 3.41. The first kappa shape index (κ1) is 16.8. The fourth-order valence-electron chi connectivity index (χ4n) is 2.37. The molecular formula is C15H16IN3O2S. The Balaban J connectivity index is 0.00000176. The van der Waals surface area contributed by atoms with Gasteiger partial charge in [-0.05, 0) is 30.3 Å². The normalized spacial score (nSPS) is 11.2. The van der Waals surface area contributed by atoms with Crippen molar-refractivity contribution in [1.29, 1.82) is 0 Å². The number of pyridine rings is 1. The molecule has 0 aliphatic rings. The molecule has 1 aromatic carbocycles. The van der Waals surface area contributed by atoms with Gasteiger partial charge in [0, 0.05) is 17.3 Å². The highest BCUT2D eigenvalue weighted by Crippen LogP contribution is 2.22. The molecule has 0 amide bonds. The first-order valence-corrected chi connectivity index (χ1v) is 8.37. The predicted molar refractivity (Wildman–Crippen MR) is 82.5 cm³/mol. The van der Waals surface area contributed by atoms with Gasteiger partial charge in [-0.25, -0.2) is 17.4 Å². The second-order valence-electron chi connectivity index (χ2n) is 4.99. The molecule has 116 valence electrons. The third-order valence-electron chi connectivity index (χ3n) is 3.32. The van der Waals surface area contributed by atoms with E-state index in [4.69, 9.17) is 0 Å². The van der Waals surface area contributed by atoms with Crippen molar-refractivity contribution in [3.05, 3.63) is 54.9 Å². The lowest BCUT2D eigenvalue weighted by molar-refractivity contribution is -0.510. The van der Waals surface area contributed by atoms with Gasteiger partial charge in [0.15, 0.2) is 5.69 Å². The quantitative estimate of drug-likeness (QED) is 0.421. The number of halogens is 1. The topological polar surface area (TPSA) is 55.2 Å². The molecule has 2 aromatic heterocycles. The largest absolute Gasteiger partial charge is 1.00 e. The molecule has 2 heterocycles. The standard InChI is InChI=1S/C15H16N3O2S.HI/c1-17-14(11-18-10-4-3-5-15(17)18)12-6-8-13(9-7-12)16-21(2,19)20;/h3-11,16H,1-2H3;1H/q+1;/p-1. The molecule has 0 atom stereocenters. The summed E-state index contributed by atoms with van der Waals surface area (Å²) < 4.78 is 29.0. The molecule has 5 nitrogen and oxygen atoms in total. The molecule has 3 rings (SSSR count). The maximum Gasteiger partial charge on any atom is 0.286 e. The number of aryl methyl sites for hydroxylation is 1. The van der Waals surface area contributed by atoms with E-state index in [0.717, 1.165) is 23.2 Å². The highest BCUT2D eigenvalue weighted by molar-refractivity contribution is 7.92. The Labute approximate surface area is 146 Å². The molecule has 0 aliphatic heterocycles. The van der Waals surface area contributed by atoms with Crippen molar-refractivity contribution in [1.82, 2.24) is 4.57 Å². The molecule has 22 heavy (non-hydrogen) atoms. The molecule has 0 saturated carbocycles. The molecule has 0 spiro atoms. The summed E-state index contributed by atoms with van der Waals surface area (Å²) in [5.74, 6) is 0. The van der Waals surface area contributed by atoms with Crippen LogP contribution in [0.3, 0.4) is 0 Å². The van der Waals surface area contributed by atoms with E-state index in [9.17, 15) is 8.42 Å². The number of anilines is 1. The van der Waals surface area contributed by atoms with Gasteiger partial charge < -0.3 is 24.0 Å². The number of sulfonamides is 1. The van der Waals surface area contributed by atoms with Gasteiger partial charge in [-0.3, -0.25) is 4.72 Å². The number of rotatable bonds is 3. The van der Waals surface area contributed by atoms with Gasteiger partial charge in [0.05, 0.1) is 19.5 Å². The van der Waals surface area contributed by atoms with Gasteiger partial charge in [0.2, 0.25) is 10.0 Å². The Morgan fingerprint density at radius 3 is 2.36 bits per heavy atom. The minimum absolute atomic E-state index is 0. The number of hydrogen-bond acceptors (Lipinski definition) is 2. The fraction of sp³-hybridized carbons (Fsp3) is 0.133. The first-order chi connectivity index (χ1) is 9.94. The van der Waals surface area contributed by atoms with Crippen molar-refractivity contribution < 1.29 is 36.8 Å². The van der Waals surface area contributed by atoms with E-state index in [-0.39, 0.29) is 24.0 Å². The van der Waals surface area contributed by atoms with Gasteiger partial charge in [0.1, 0.15) is 6.20 Å². The number of benzene rings is 1. The van der Waals surface area contributed by atoms with Crippen molar-refractivity contribution in [2.24, 2.45) is 7.05 Å². The number of aromatic nitrogens is 2. The molecular weight excluding hydrogens is 413 g/mol. The van der Waals surface area contributed by atoms with Crippen LogP contribution in [0.1, 0.15) is 0 Å². The Morgan fingerprint density at radius 2 is 1.77 bits per heavy atom. The highest BCUT2D eigenvalue weighted by atomic mass is 127. The second-order valence-corrected chi connectivity index (χ2v) is 6.74. The number of nitrogens with zero attached hydrogens (tertiary/aromatic N) is 2. The number of hydrogen-bond donors (Lipinski definition) is 1. The molecule has 0 bridgehead atoms.